The summed E-state index contributed by atoms with van der Waals surface area (Å²) in [6.45, 7) is 2.30. The summed E-state index contributed by atoms with van der Waals surface area (Å²) in [6, 6.07) is 10.2. The number of hydrogen-bond donors (Lipinski definition) is 2. The number of benzene rings is 1. The number of aliphatic imine (C=N–C) groups is 1. The lowest BCUT2D eigenvalue weighted by molar-refractivity contribution is -0.140. The smallest absolute Gasteiger partial charge is 0.381 e. The number of ether oxygens (including phenoxy) is 1. The van der Waals surface area contributed by atoms with Crippen LogP contribution in [0.25, 0.3) is 0 Å². The van der Waals surface area contributed by atoms with Crippen molar-refractivity contribution < 1.29 is 17.9 Å². The van der Waals surface area contributed by atoms with Crippen molar-refractivity contribution in [3.05, 3.63) is 52.0 Å². The molecule has 0 spiro atoms. The van der Waals surface area contributed by atoms with Crippen molar-refractivity contribution in [1.82, 2.24) is 15.6 Å². The van der Waals surface area contributed by atoms with E-state index in [1.165, 1.54) is 5.56 Å². The molecular formula is C19H25F3N4OS. The van der Waals surface area contributed by atoms with Gasteiger partial charge in [-0.15, -0.1) is 11.3 Å². The van der Waals surface area contributed by atoms with E-state index in [1.807, 2.05) is 18.2 Å². The second kappa shape index (κ2) is 11.7. The highest BCUT2D eigenvalue weighted by molar-refractivity contribution is 7.09. The molecule has 0 radical (unpaired) electrons. The Morgan fingerprint density at radius 1 is 1.14 bits per heavy atom. The van der Waals surface area contributed by atoms with Crippen LogP contribution in [0.5, 0.6) is 0 Å². The van der Waals surface area contributed by atoms with Crippen LogP contribution in [0.3, 0.4) is 0 Å². The van der Waals surface area contributed by atoms with Crippen LogP contribution in [-0.2, 0) is 23.9 Å². The van der Waals surface area contributed by atoms with E-state index >= 15 is 0 Å². The fourth-order valence-electron chi connectivity index (χ4n) is 2.37. The third-order valence-corrected chi connectivity index (χ3v) is 4.71. The summed E-state index contributed by atoms with van der Waals surface area (Å²) in [5.74, 6) is 0.536. The number of halogens is 3. The Labute approximate surface area is 167 Å². The van der Waals surface area contributed by atoms with Crippen molar-refractivity contribution in [2.75, 3.05) is 26.8 Å². The normalized spacial score (nSPS) is 12.2. The van der Waals surface area contributed by atoms with Crippen LogP contribution in [0.1, 0.15) is 29.1 Å². The number of rotatable bonds is 10. The lowest BCUT2D eigenvalue weighted by Gasteiger charge is -2.11. The van der Waals surface area contributed by atoms with Crippen LogP contribution in [0.2, 0.25) is 0 Å². The molecule has 0 unspecified atom stereocenters. The first-order valence-corrected chi connectivity index (χ1v) is 9.95. The molecule has 0 aliphatic heterocycles. The molecular weight excluding hydrogens is 389 g/mol. The third-order valence-electron chi connectivity index (χ3n) is 3.86. The SMILES string of the molecule is CN=C(NCCCCOCCc1ccccc1)NCc1nc(C(F)(F)F)cs1. The third kappa shape index (κ3) is 8.26. The Morgan fingerprint density at radius 2 is 1.93 bits per heavy atom. The molecule has 0 amide bonds. The molecule has 28 heavy (non-hydrogen) atoms. The van der Waals surface area contributed by atoms with Crippen LogP contribution < -0.4 is 10.6 Å². The average molecular weight is 414 g/mol. The zero-order chi connectivity index (χ0) is 20.2. The molecule has 0 saturated heterocycles. The topological polar surface area (TPSA) is 58.5 Å². The first-order valence-electron chi connectivity index (χ1n) is 9.07. The molecule has 0 aliphatic carbocycles. The quantitative estimate of drug-likeness (QED) is 0.352. The molecule has 2 rings (SSSR count). The van der Waals surface area contributed by atoms with Gasteiger partial charge in [0.15, 0.2) is 11.7 Å². The van der Waals surface area contributed by atoms with Gasteiger partial charge in [-0.3, -0.25) is 4.99 Å². The van der Waals surface area contributed by atoms with Crippen LogP contribution in [0, 0.1) is 0 Å². The molecule has 0 bridgehead atoms. The molecule has 0 fully saturated rings. The Kier molecular flexibility index (Phi) is 9.22. The molecule has 2 aromatic rings. The maximum absolute atomic E-state index is 12.5. The molecule has 5 nitrogen and oxygen atoms in total. The van der Waals surface area contributed by atoms with E-state index in [0.717, 1.165) is 36.0 Å². The van der Waals surface area contributed by atoms with Gasteiger partial charge >= 0.3 is 6.18 Å². The number of nitrogens with one attached hydrogen (secondary N) is 2. The average Bonchev–Trinajstić information content (AvgIpc) is 3.16. The molecule has 0 saturated carbocycles. The summed E-state index contributed by atoms with van der Waals surface area (Å²) >= 11 is 0.974. The van der Waals surface area contributed by atoms with Crippen LogP contribution >= 0.6 is 11.3 Å². The van der Waals surface area contributed by atoms with Gasteiger partial charge in [0.2, 0.25) is 0 Å². The summed E-state index contributed by atoms with van der Waals surface area (Å²) < 4.78 is 43.3. The Morgan fingerprint density at radius 3 is 2.61 bits per heavy atom. The highest BCUT2D eigenvalue weighted by Gasteiger charge is 2.33. The Balaban J connectivity index is 1.53. The van der Waals surface area contributed by atoms with E-state index < -0.39 is 11.9 Å². The lowest BCUT2D eigenvalue weighted by atomic mass is 10.2. The van der Waals surface area contributed by atoms with Gasteiger partial charge in [-0.25, -0.2) is 4.98 Å². The molecule has 0 atom stereocenters. The van der Waals surface area contributed by atoms with Gasteiger partial charge in [-0.1, -0.05) is 30.3 Å². The van der Waals surface area contributed by atoms with Gasteiger partial charge in [0.05, 0.1) is 13.2 Å². The molecule has 2 N–H and O–H groups in total. The number of hydrogen-bond acceptors (Lipinski definition) is 4. The first-order chi connectivity index (χ1) is 13.5. The van der Waals surface area contributed by atoms with Gasteiger partial charge in [0.1, 0.15) is 5.01 Å². The number of nitrogens with zero attached hydrogens (tertiary/aromatic N) is 2. The maximum atomic E-state index is 12.5. The second-order valence-corrected chi connectivity index (χ2v) is 6.97. The van der Waals surface area contributed by atoms with Crippen molar-refractivity contribution in [3.8, 4) is 0 Å². The summed E-state index contributed by atoms with van der Waals surface area (Å²) in [5, 5.41) is 7.48. The summed E-state index contributed by atoms with van der Waals surface area (Å²) in [4.78, 5) is 7.64. The van der Waals surface area contributed by atoms with E-state index in [-0.39, 0.29) is 6.54 Å². The minimum absolute atomic E-state index is 0.197. The van der Waals surface area contributed by atoms with Crippen LogP contribution in [0.15, 0.2) is 40.7 Å². The molecule has 154 valence electrons. The Bertz CT molecular complexity index is 719. The number of thiazole rings is 1. The highest BCUT2D eigenvalue weighted by atomic mass is 32.1. The fraction of sp³-hybridized carbons (Fsp3) is 0.474. The van der Waals surface area contributed by atoms with Crippen molar-refractivity contribution >= 4 is 17.3 Å². The van der Waals surface area contributed by atoms with Crippen molar-refractivity contribution in [1.29, 1.82) is 0 Å². The maximum Gasteiger partial charge on any atom is 0.434 e. The van der Waals surface area contributed by atoms with Gasteiger partial charge in [-0.05, 0) is 24.8 Å². The lowest BCUT2D eigenvalue weighted by Crippen LogP contribution is -2.37. The van der Waals surface area contributed by atoms with E-state index in [2.05, 4.69) is 32.7 Å². The molecule has 9 heteroatoms. The van der Waals surface area contributed by atoms with Crippen molar-refractivity contribution in [2.24, 2.45) is 4.99 Å². The minimum Gasteiger partial charge on any atom is -0.381 e. The van der Waals surface area contributed by atoms with Crippen molar-refractivity contribution in [3.63, 3.8) is 0 Å². The second-order valence-electron chi connectivity index (χ2n) is 6.03. The predicted molar refractivity (Wildman–Crippen MR) is 106 cm³/mol. The standard InChI is InChI=1S/C19H25F3N4OS/c1-23-18(25-13-17-26-16(14-28-17)19(20,21)22)24-10-5-6-11-27-12-9-15-7-3-2-4-8-15/h2-4,7-8,14H,5-6,9-13H2,1H3,(H2,23,24,25). The van der Waals surface area contributed by atoms with Gasteiger partial charge in [0, 0.05) is 25.6 Å². The fourth-order valence-corrected chi connectivity index (χ4v) is 3.12. The number of guanidine groups is 1. The highest BCUT2D eigenvalue weighted by Crippen LogP contribution is 2.29. The van der Waals surface area contributed by atoms with Gasteiger partial charge in [-0.2, -0.15) is 13.2 Å². The Hall–Kier alpha value is -2.13. The number of alkyl halides is 3. The van der Waals surface area contributed by atoms with E-state index in [0.29, 0.717) is 30.7 Å². The largest absolute Gasteiger partial charge is 0.434 e. The monoisotopic (exact) mass is 414 g/mol. The molecule has 1 aromatic carbocycles. The number of aromatic nitrogens is 1. The number of unbranched alkanes of at least 4 members (excludes halogenated alkanes) is 1. The van der Waals surface area contributed by atoms with Crippen molar-refractivity contribution in [2.45, 2.75) is 32.0 Å². The first kappa shape index (κ1) is 22.2. The molecule has 1 heterocycles. The summed E-state index contributed by atoms with van der Waals surface area (Å²) in [5.41, 5.74) is 0.408. The minimum atomic E-state index is -4.40. The van der Waals surface area contributed by atoms with Gasteiger partial charge in [0.25, 0.3) is 0 Å². The zero-order valence-electron chi connectivity index (χ0n) is 15.8. The molecule has 1 aromatic heterocycles. The predicted octanol–water partition coefficient (Wildman–Crippen LogP) is 3.87. The van der Waals surface area contributed by atoms with E-state index in [1.54, 1.807) is 7.05 Å². The van der Waals surface area contributed by atoms with E-state index in [4.69, 9.17) is 4.74 Å². The van der Waals surface area contributed by atoms with E-state index in [9.17, 15) is 13.2 Å². The molecule has 0 aliphatic rings. The summed E-state index contributed by atoms with van der Waals surface area (Å²) in [6.07, 6.45) is -1.68. The van der Waals surface area contributed by atoms with Gasteiger partial charge < -0.3 is 15.4 Å². The summed E-state index contributed by atoms with van der Waals surface area (Å²) in [7, 11) is 1.62. The van der Waals surface area contributed by atoms with Crippen LogP contribution in [-0.4, -0.2) is 37.7 Å². The zero-order valence-corrected chi connectivity index (χ0v) is 16.6. The van der Waals surface area contributed by atoms with Crippen LogP contribution in [0.4, 0.5) is 13.2 Å².